The summed E-state index contributed by atoms with van der Waals surface area (Å²) in [7, 11) is 0. The van der Waals surface area contributed by atoms with Gasteiger partial charge < -0.3 is 5.11 Å². The first-order valence-corrected chi connectivity index (χ1v) is 7.77. The van der Waals surface area contributed by atoms with E-state index < -0.39 is 0 Å². The Hall–Kier alpha value is -0.980. The largest absolute Gasteiger partial charge is 0.508 e. The van der Waals surface area contributed by atoms with Gasteiger partial charge in [0.2, 0.25) is 0 Å². The third kappa shape index (κ3) is 2.96. The van der Waals surface area contributed by atoms with E-state index in [-0.39, 0.29) is 0 Å². The van der Waals surface area contributed by atoms with E-state index in [0.29, 0.717) is 16.6 Å². The standard InChI is InChI=1S/C18H28O/c1-4-18(12-6-5-7-13-18)17(2,3)14-15-8-10-16(19)11-9-15/h8-11,19H,4-7,12-14H2,1-3H3. The van der Waals surface area contributed by atoms with Crippen molar-refractivity contribution in [1.29, 1.82) is 0 Å². The van der Waals surface area contributed by atoms with Gasteiger partial charge in [0, 0.05) is 0 Å². The highest BCUT2D eigenvalue weighted by Gasteiger charge is 2.43. The second kappa shape index (κ2) is 5.56. The molecule has 0 amide bonds. The third-order valence-corrected chi connectivity index (χ3v) is 5.51. The van der Waals surface area contributed by atoms with E-state index in [1.54, 1.807) is 0 Å². The zero-order valence-corrected chi connectivity index (χ0v) is 12.7. The van der Waals surface area contributed by atoms with Gasteiger partial charge in [-0.2, -0.15) is 0 Å². The number of hydrogen-bond donors (Lipinski definition) is 1. The molecule has 0 spiro atoms. The van der Waals surface area contributed by atoms with Crippen LogP contribution in [-0.4, -0.2) is 5.11 Å². The molecule has 2 rings (SSSR count). The van der Waals surface area contributed by atoms with Crippen LogP contribution in [0.5, 0.6) is 5.75 Å². The van der Waals surface area contributed by atoms with Crippen molar-refractivity contribution in [2.75, 3.05) is 0 Å². The Morgan fingerprint density at radius 1 is 1.05 bits per heavy atom. The second-order valence-corrected chi connectivity index (χ2v) is 6.92. The highest BCUT2D eigenvalue weighted by Crippen LogP contribution is 2.53. The zero-order valence-electron chi connectivity index (χ0n) is 12.7. The van der Waals surface area contributed by atoms with Crippen LogP contribution < -0.4 is 0 Å². The second-order valence-electron chi connectivity index (χ2n) is 6.92. The quantitative estimate of drug-likeness (QED) is 0.776. The molecule has 0 atom stereocenters. The fourth-order valence-electron chi connectivity index (χ4n) is 4.05. The topological polar surface area (TPSA) is 20.2 Å². The Morgan fingerprint density at radius 3 is 2.16 bits per heavy atom. The lowest BCUT2D eigenvalue weighted by Gasteiger charge is -2.49. The first kappa shape index (κ1) is 14.4. The number of phenols is 1. The first-order chi connectivity index (χ1) is 8.99. The molecule has 0 aliphatic heterocycles. The van der Waals surface area contributed by atoms with Crippen molar-refractivity contribution in [3.8, 4) is 5.75 Å². The Kier molecular flexibility index (Phi) is 4.23. The minimum atomic E-state index is 0.332. The summed E-state index contributed by atoms with van der Waals surface area (Å²) >= 11 is 0. The fraction of sp³-hybridized carbons (Fsp3) is 0.667. The maximum absolute atomic E-state index is 9.40. The Labute approximate surface area is 118 Å². The van der Waals surface area contributed by atoms with E-state index in [1.165, 1.54) is 44.1 Å². The molecule has 1 aromatic carbocycles. The number of aromatic hydroxyl groups is 1. The molecular formula is C18H28O. The van der Waals surface area contributed by atoms with Crippen LogP contribution in [0.4, 0.5) is 0 Å². The van der Waals surface area contributed by atoms with Crippen molar-refractivity contribution in [3.63, 3.8) is 0 Å². The number of rotatable bonds is 4. The van der Waals surface area contributed by atoms with Crippen LogP contribution in [0.2, 0.25) is 0 Å². The summed E-state index contributed by atoms with van der Waals surface area (Å²) < 4.78 is 0. The fourth-order valence-corrected chi connectivity index (χ4v) is 4.05. The van der Waals surface area contributed by atoms with E-state index in [0.717, 1.165) is 6.42 Å². The summed E-state index contributed by atoms with van der Waals surface area (Å²) in [6, 6.07) is 7.77. The van der Waals surface area contributed by atoms with Crippen LogP contribution in [-0.2, 0) is 6.42 Å². The highest BCUT2D eigenvalue weighted by molar-refractivity contribution is 5.27. The molecule has 1 nitrogen and oxygen atoms in total. The predicted molar refractivity (Wildman–Crippen MR) is 81.4 cm³/mol. The summed E-state index contributed by atoms with van der Waals surface area (Å²) in [5.74, 6) is 0.365. The lowest BCUT2D eigenvalue weighted by Crippen LogP contribution is -2.40. The van der Waals surface area contributed by atoms with Crippen molar-refractivity contribution < 1.29 is 5.11 Å². The maximum Gasteiger partial charge on any atom is 0.115 e. The highest BCUT2D eigenvalue weighted by atomic mass is 16.3. The summed E-state index contributed by atoms with van der Waals surface area (Å²) in [6.45, 7) is 7.24. The molecule has 1 aromatic rings. The van der Waals surface area contributed by atoms with E-state index in [1.807, 2.05) is 12.1 Å². The lowest BCUT2D eigenvalue weighted by atomic mass is 9.55. The van der Waals surface area contributed by atoms with Crippen LogP contribution >= 0.6 is 0 Å². The maximum atomic E-state index is 9.40. The van der Waals surface area contributed by atoms with E-state index >= 15 is 0 Å². The Balaban J connectivity index is 2.17. The van der Waals surface area contributed by atoms with Gasteiger partial charge in [-0.15, -0.1) is 0 Å². The molecule has 0 bridgehead atoms. The zero-order chi connectivity index (χ0) is 13.9. The number of phenolic OH excluding ortho intramolecular Hbond substituents is 1. The molecule has 1 heteroatoms. The van der Waals surface area contributed by atoms with Gasteiger partial charge in [-0.1, -0.05) is 52.2 Å². The van der Waals surface area contributed by atoms with Crippen LogP contribution in [0.25, 0.3) is 0 Å². The van der Waals surface area contributed by atoms with Gasteiger partial charge in [0.25, 0.3) is 0 Å². The average molecular weight is 260 g/mol. The van der Waals surface area contributed by atoms with Gasteiger partial charge >= 0.3 is 0 Å². The van der Waals surface area contributed by atoms with Crippen LogP contribution in [0.1, 0.15) is 64.9 Å². The van der Waals surface area contributed by atoms with Gasteiger partial charge in [0.1, 0.15) is 5.75 Å². The summed E-state index contributed by atoms with van der Waals surface area (Å²) in [6.07, 6.45) is 9.37. The Morgan fingerprint density at radius 2 is 1.63 bits per heavy atom. The summed E-state index contributed by atoms with van der Waals surface area (Å²) in [4.78, 5) is 0. The predicted octanol–water partition coefficient (Wildman–Crippen LogP) is 5.32. The minimum absolute atomic E-state index is 0.332. The lowest BCUT2D eigenvalue weighted by molar-refractivity contribution is 0.0201. The van der Waals surface area contributed by atoms with Crippen LogP contribution in [0, 0.1) is 10.8 Å². The molecule has 0 unspecified atom stereocenters. The minimum Gasteiger partial charge on any atom is -0.508 e. The smallest absolute Gasteiger partial charge is 0.115 e. The molecule has 0 heterocycles. The van der Waals surface area contributed by atoms with Crippen molar-refractivity contribution in [2.24, 2.45) is 10.8 Å². The van der Waals surface area contributed by atoms with Crippen LogP contribution in [0.3, 0.4) is 0 Å². The molecule has 1 fully saturated rings. The molecule has 0 radical (unpaired) electrons. The molecule has 1 aliphatic carbocycles. The normalized spacial score (nSPS) is 19.3. The van der Waals surface area contributed by atoms with Gasteiger partial charge in [-0.3, -0.25) is 0 Å². The number of hydrogen-bond acceptors (Lipinski definition) is 1. The first-order valence-electron chi connectivity index (χ1n) is 7.77. The molecule has 0 saturated heterocycles. The van der Waals surface area contributed by atoms with Crippen molar-refractivity contribution in [2.45, 2.75) is 65.7 Å². The summed E-state index contributed by atoms with van der Waals surface area (Å²) in [5.41, 5.74) is 2.18. The monoisotopic (exact) mass is 260 g/mol. The van der Waals surface area contributed by atoms with Crippen molar-refractivity contribution >= 4 is 0 Å². The molecule has 1 N–H and O–H groups in total. The molecule has 1 aliphatic rings. The molecule has 19 heavy (non-hydrogen) atoms. The van der Waals surface area contributed by atoms with Crippen LogP contribution in [0.15, 0.2) is 24.3 Å². The molecule has 106 valence electrons. The average Bonchev–Trinajstić information content (AvgIpc) is 2.42. The number of benzene rings is 1. The van der Waals surface area contributed by atoms with E-state index in [4.69, 9.17) is 0 Å². The van der Waals surface area contributed by atoms with Crippen molar-refractivity contribution in [3.05, 3.63) is 29.8 Å². The molecule has 0 aromatic heterocycles. The van der Waals surface area contributed by atoms with Gasteiger partial charge in [0.05, 0.1) is 0 Å². The van der Waals surface area contributed by atoms with E-state index in [9.17, 15) is 5.11 Å². The van der Waals surface area contributed by atoms with Gasteiger partial charge in [0.15, 0.2) is 0 Å². The molecular weight excluding hydrogens is 232 g/mol. The van der Waals surface area contributed by atoms with Gasteiger partial charge in [-0.25, -0.2) is 0 Å². The molecule has 1 saturated carbocycles. The van der Waals surface area contributed by atoms with Crippen molar-refractivity contribution in [1.82, 2.24) is 0 Å². The SMILES string of the molecule is CCC1(C(C)(C)Cc2ccc(O)cc2)CCCCC1. The Bertz CT molecular complexity index is 396. The van der Waals surface area contributed by atoms with E-state index in [2.05, 4.69) is 32.9 Å². The van der Waals surface area contributed by atoms with Gasteiger partial charge in [-0.05, 0) is 54.2 Å². The summed E-state index contributed by atoms with van der Waals surface area (Å²) in [5, 5.41) is 9.40. The third-order valence-electron chi connectivity index (χ3n) is 5.51.